The van der Waals surface area contributed by atoms with Crippen LogP contribution in [0.25, 0.3) is 0 Å². The Bertz CT molecular complexity index is 301. The van der Waals surface area contributed by atoms with Crippen molar-refractivity contribution in [2.45, 2.75) is 52.5 Å². The van der Waals surface area contributed by atoms with Crippen LogP contribution in [0.3, 0.4) is 0 Å². The van der Waals surface area contributed by atoms with Crippen molar-refractivity contribution in [3.05, 3.63) is 0 Å². The average Bonchev–Trinajstić information content (AvgIpc) is 2.37. The lowest BCUT2D eigenvalue weighted by atomic mass is 9.73. The summed E-state index contributed by atoms with van der Waals surface area (Å²) in [5.41, 5.74) is 0. The molecule has 1 amide bonds. The fourth-order valence-corrected chi connectivity index (χ4v) is 2.84. The van der Waals surface area contributed by atoms with Crippen LogP contribution in [0.1, 0.15) is 46.5 Å². The molecule has 0 aromatic heterocycles. The molecular weight excluding hydrogens is 230 g/mol. The summed E-state index contributed by atoms with van der Waals surface area (Å²) in [6.45, 7) is 6.00. The molecule has 0 aromatic rings. The van der Waals surface area contributed by atoms with Crippen molar-refractivity contribution in [3.8, 4) is 0 Å². The molecule has 1 aliphatic carbocycles. The predicted molar refractivity (Wildman–Crippen MR) is 69.9 cm³/mol. The van der Waals surface area contributed by atoms with Crippen LogP contribution in [0.4, 0.5) is 0 Å². The first-order chi connectivity index (χ1) is 8.47. The van der Waals surface area contributed by atoms with E-state index in [0.717, 1.165) is 19.3 Å². The van der Waals surface area contributed by atoms with Gasteiger partial charge in [-0.15, -0.1) is 0 Å². The van der Waals surface area contributed by atoms with E-state index in [-0.39, 0.29) is 17.8 Å². The summed E-state index contributed by atoms with van der Waals surface area (Å²) in [5.74, 6) is 0.607. The molecule has 1 saturated carbocycles. The molecule has 1 aliphatic rings. The van der Waals surface area contributed by atoms with Gasteiger partial charge in [0.2, 0.25) is 5.91 Å². The van der Waals surface area contributed by atoms with Crippen molar-refractivity contribution in [2.75, 3.05) is 7.11 Å². The maximum absolute atomic E-state index is 12.2. The summed E-state index contributed by atoms with van der Waals surface area (Å²) in [4.78, 5) is 23.5. The van der Waals surface area contributed by atoms with Crippen LogP contribution in [0.15, 0.2) is 0 Å². The molecule has 0 bridgehead atoms. The largest absolute Gasteiger partial charge is 0.467 e. The van der Waals surface area contributed by atoms with Crippen LogP contribution in [-0.2, 0) is 14.3 Å². The van der Waals surface area contributed by atoms with Gasteiger partial charge < -0.3 is 10.1 Å². The Kier molecular flexibility index (Phi) is 5.63. The number of carbonyl (C=O) groups is 2. The van der Waals surface area contributed by atoms with Gasteiger partial charge in [-0.05, 0) is 31.6 Å². The summed E-state index contributed by atoms with van der Waals surface area (Å²) in [5, 5.41) is 2.77. The van der Waals surface area contributed by atoms with Crippen LogP contribution < -0.4 is 5.32 Å². The zero-order valence-electron chi connectivity index (χ0n) is 11.9. The second-order valence-electron chi connectivity index (χ2n) is 5.55. The van der Waals surface area contributed by atoms with Crippen LogP contribution in [0.5, 0.6) is 0 Å². The van der Waals surface area contributed by atoms with Crippen molar-refractivity contribution in [3.63, 3.8) is 0 Å². The molecule has 3 atom stereocenters. The number of methoxy groups -OCH3 is 1. The Balaban J connectivity index is 2.61. The highest BCUT2D eigenvalue weighted by Crippen LogP contribution is 2.35. The van der Waals surface area contributed by atoms with Gasteiger partial charge in [0.05, 0.1) is 7.11 Å². The fraction of sp³-hybridized carbons (Fsp3) is 0.857. The quantitative estimate of drug-likeness (QED) is 0.783. The molecule has 0 saturated heterocycles. The number of carbonyl (C=O) groups excluding carboxylic acids is 2. The molecule has 0 heterocycles. The minimum absolute atomic E-state index is 0.00583. The number of hydrogen-bond acceptors (Lipinski definition) is 3. The lowest BCUT2D eigenvalue weighted by molar-refractivity contribution is -0.145. The van der Waals surface area contributed by atoms with Crippen molar-refractivity contribution >= 4 is 11.9 Å². The van der Waals surface area contributed by atoms with E-state index < -0.39 is 6.04 Å². The first kappa shape index (κ1) is 15.0. The van der Waals surface area contributed by atoms with E-state index in [1.165, 1.54) is 13.5 Å². The van der Waals surface area contributed by atoms with Crippen molar-refractivity contribution in [2.24, 2.45) is 17.8 Å². The lowest BCUT2D eigenvalue weighted by Gasteiger charge is -2.33. The smallest absolute Gasteiger partial charge is 0.328 e. The summed E-state index contributed by atoms with van der Waals surface area (Å²) in [6, 6.07) is -0.558. The highest BCUT2D eigenvalue weighted by Gasteiger charge is 2.33. The average molecular weight is 255 g/mol. The van der Waals surface area contributed by atoms with Gasteiger partial charge in [0.25, 0.3) is 0 Å². The molecule has 0 spiro atoms. The number of rotatable bonds is 4. The number of hydrogen-bond donors (Lipinski definition) is 1. The second-order valence-corrected chi connectivity index (χ2v) is 5.55. The van der Waals surface area contributed by atoms with Crippen molar-refractivity contribution < 1.29 is 14.3 Å². The molecule has 1 rings (SSSR count). The van der Waals surface area contributed by atoms with E-state index in [2.05, 4.69) is 23.9 Å². The van der Waals surface area contributed by atoms with Gasteiger partial charge >= 0.3 is 5.97 Å². The van der Waals surface area contributed by atoms with E-state index in [4.69, 9.17) is 0 Å². The molecule has 0 radical (unpaired) electrons. The van der Waals surface area contributed by atoms with Crippen LogP contribution >= 0.6 is 0 Å². The summed E-state index contributed by atoms with van der Waals surface area (Å²) in [6.07, 6.45) is 4.36. The highest BCUT2D eigenvalue weighted by atomic mass is 16.5. The maximum Gasteiger partial charge on any atom is 0.328 e. The third kappa shape index (κ3) is 3.72. The SMILES string of the molecule is COC(=O)[C@@H](C)NC(=O)[C@@H]1CCCC[C@H]1C(C)C. The van der Waals surface area contributed by atoms with Crippen molar-refractivity contribution in [1.82, 2.24) is 5.32 Å². The minimum atomic E-state index is -0.558. The Labute approximate surface area is 109 Å². The van der Waals surface area contributed by atoms with Gasteiger partial charge in [-0.2, -0.15) is 0 Å². The van der Waals surface area contributed by atoms with E-state index in [1.807, 2.05) is 0 Å². The minimum Gasteiger partial charge on any atom is -0.467 e. The lowest BCUT2D eigenvalue weighted by Crippen LogP contribution is -2.45. The molecule has 1 N–H and O–H groups in total. The highest BCUT2D eigenvalue weighted by molar-refractivity contribution is 5.85. The summed E-state index contributed by atoms with van der Waals surface area (Å²) >= 11 is 0. The Morgan fingerprint density at radius 3 is 2.33 bits per heavy atom. The number of nitrogens with one attached hydrogen (secondary N) is 1. The predicted octanol–water partition coefficient (Wildman–Crippen LogP) is 2.13. The zero-order chi connectivity index (χ0) is 13.7. The first-order valence-corrected chi connectivity index (χ1v) is 6.85. The Hall–Kier alpha value is -1.06. The van der Waals surface area contributed by atoms with E-state index >= 15 is 0 Å². The Morgan fingerprint density at radius 1 is 1.17 bits per heavy atom. The van der Waals surface area contributed by atoms with E-state index in [0.29, 0.717) is 11.8 Å². The molecule has 0 unspecified atom stereocenters. The van der Waals surface area contributed by atoms with Gasteiger partial charge in [0, 0.05) is 5.92 Å². The summed E-state index contributed by atoms with van der Waals surface area (Å²) < 4.78 is 4.62. The van der Waals surface area contributed by atoms with Crippen LogP contribution in [0.2, 0.25) is 0 Å². The molecule has 4 nitrogen and oxygen atoms in total. The molecule has 18 heavy (non-hydrogen) atoms. The Morgan fingerprint density at radius 2 is 1.78 bits per heavy atom. The third-order valence-corrected chi connectivity index (χ3v) is 3.93. The van der Waals surface area contributed by atoms with E-state index in [1.54, 1.807) is 6.92 Å². The van der Waals surface area contributed by atoms with Crippen molar-refractivity contribution in [1.29, 1.82) is 0 Å². The number of amides is 1. The molecule has 0 aromatic carbocycles. The molecular formula is C14H25NO3. The monoisotopic (exact) mass is 255 g/mol. The van der Waals surface area contributed by atoms with Gasteiger partial charge in [-0.25, -0.2) is 4.79 Å². The standard InChI is InChI=1S/C14H25NO3/c1-9(2)11-7-5-6-8-12(11)13(16)15-10(3)14(17)18-4/h9-12H,5-8H2,1-4H3,(H,15,16)/t10-,11+,12-/m1/s1. The normalized spacial score (nSPS) is 25.6. The summed E-state index contributed by atoms with van der Waals surface area (Å²) in [7, 11) is 1.34. The van der Waals surface area contributed by atoms with Gasteiger partial charge in [-0.1, -0.05) is 26.7 Å². The van der Waals surface area contributed by atoms with Gasteiger partial charge in [-0.3, -0.25) is 4.79 Å². The van der Waals surface area contributed by atoms with Crippen LogP contribution in [0, 0.1) is 17.8 Å². The number of ether oxygens (including phenoxy) is 1. The third-order valence-electron chi connectivity index (χ3n) is 3.93. The van der Waals surface area contributed by atoms with Crippen LogP contribution in [-0.4, -0.2) is 25.0 Å². The molecule has 1 fully saturated rings. The molecule has 4 heteroatoms. The zero-order valence-corrected chi connectivity index (χ0v) is 11.9. The maximum atomic E-state index is 12.2. The fourth-order valence-electron chi connectivity index (χ4n) is 2.84. The van der Waals surface area contributed by atoms with Gasteiger partial charge in [0.1, 0.15) is 6.04 Å². The van der Waals surface area contributed by atoms with E-state index in [9.17, 15) is 9.59 Å². The topological polar surface area (TPSA) is 55.4 Å². The first-order valence-electron chi connectivity index (χ1n) is 6.85. The molecule has 104 valence electrons. The molecule has 0 aliphatic heterocycles. The van der Waals surface area contributed by atoms with Gasteiger partial charge in [0.15, 0.2) is 0 Å². The number of esters is 1. The second kappa shape index (κ2) is 6.76.